The van der Waals surface area contributed by atoms with Crippen molar-refractivity contribution in [3.05, 3.63) is 66.0 Å². The van der Waals surface area contributed by atoms with Crippen LogP contribution < -0.4 is 25.6 Å². The molecule has 4 rings (SSSR count). The molecule has 0 unspecified atom stereocenters. The summed E-state index contributed by atoms with van der Waals surface area (Å²) in [6.45, 7) is 8.18. The largest absolute Gasteiger partial charge is 0.444 e. The van der Waals surface area contributed by atoms with E-state index in [2.05, 4.69) is 30.8 Å². The third-order valence-electron chi connectivity index (χ3n) is 6.30. The van der Waals surface area contributed by atoms with Crippen molar-refractivity contribution in [2.45, 2.75) is 58.4 Å². The normalized spacial score (nSPS) is 14.2. The van der Waals surface area contributed by atoms with Crippen LogP contribution in [0.5, 0.6) is 11.6 Å². The van der Waals surface area contributed by atoms with Gasteiger partial charge in [0, 0.05) is 36.6 Å². The molecule has 0 spiro atoms. The number of alkyl halides is 3. The van der Waals surface area contributed by atoms with Gasteiger partial charge in [0.25, 0.3) is 0 Å². The number of carbonyl (C=O) groups excluding carboxylic acids is 2. The molecular weight excluding hydrogens is 553 g/mol. The molecule has 2 aromatic carbocycles. The second-order valence-electron chi connectivity index (χ2n) is 10.9. The first kappa shape index (κ1) is 30.4. The zero-order chi connectivity index (χ0) is 30.5. The molecule has 1 saturated heterocycles. The molecule has 2 heterocycles. The monoisotopic (exact) mass is 586 g/mol. The summed E-state index contributed by atoms with van der Waals surface area (Å²) in [5.41, 5.74) is -0.864. The fraction of sp³-hybridized carbons (Fsp3) is 0.379. The average molecular weight is 587 g/mol. The van der Waals surface area contributed by atoms with Crippen LogP contribution in [0.4, 0.5) is 40.0 Å². The van der Waals surface area contributed by atoms with Crippen molar-refractivity contribution in [1.29, 1.82) is 0 Å². The number of amides is 3. The molecule has 224 valence electrons. The topological polar surface area (TPSA) is 118 Å². The molecule has 1 fully saturated rings. The van der Waals surface area contributed by atoms with Crippen LogP contribution in [0.2, 0.25) is 0 Å². The molecule has 3 aromatic rings. The van der Waals surface area contributed by atoms with Crippen LogP contribution in [-0.2, 0) is 10.9 Å². The Labute approximate surface area is 241 Å². The lowest BCUT2D eigenvalue weighted by Crippen LogP contribution is -2.46. The van der Waals surface area contributed by atoms with Gasteiger partial charge < -0.3 is 30.3 Å². The molecule has 0 atom stereocenters. The van der Waals surface area contributed by atoms with Crippen molar-refractivity contribution in [3.8, 4) is 11.6 Å². The number of anilines is 3. The van der Waals surface area contributed by atoms with Crippen molar-refractivity contribution in [2.24, 2.45) is 0 Å². The molecule has 13 heteroatoms. The average Bonchev–Trinajstić information content (AvgIpc) is 2.90. The molecule has 0 aliphatic carbocycles. The van der Waals surface area contributed by atoms with E-state index in [4.69, 9.17) is 9.47 Å². The molecule has 3 amide bonds. The van der Waals surface area contributed by atoms with Crippen LogP contribution in [0.1, 0.15) is 44.7 Å². The summed E-state index contributed by atoms with van der Waals surface area (Å²) >= 11 is 0. The van der Waals surface area contributed by atoms with Crippen LogP contribution in [0.15, 0.2) is 54.9 Å². The summed E-state index contributed by atoms with van der Waals surface area (Å²) in [5, 5.41) is 7.91. The van der Waals surface area contributed by atoms with Gasteiger partial charge in [-0.15, -0.1) is 0 Å². The van der Waals surface area contributed by atoms with E-state index in [9.17, 15) is 22.8 Å². The Morgan fingerprint density at radius 2 is 1.57 bits per heavy atom. The van der Waals surface area contributed by atoms with Crippen molar-refractivity contribution >= 4 is 29.3 Å². The molecule has 42 heavy (non-hydrogen) atoms. The molecule has 10 nitrogen and oxygen atoms in total. The third-order valence-corrected chi connectivity index (χ3v) is 6.30. The summed E-state index contributed by atoms with van der Waals surface area (Å²) < 4.78 is 50.6. The lowest BCUT2D eigenvalue weighted by molar-refractivity contribution is -0.138. The SMILES string of the molecule is Cc1ccc(NC(=O)Nc2ccc(Oc3cc(N4CCC(NC(=O)OC(C)(C)C)CC4)ncn3)cc2)cc1C(F)(F)F. The summed E-state index contributed by atoms with van der Waals surface area (Å²) in [6, 6.07) is 11.1. The first-order valence-corrected chi connectivity index (χ1v) is 13.4. The highest BCUT2D eigenvalue weighted by Crippen LogP contribution is 2.33. The minimum absolute atomic E-state index is 0.0112. The van der Waals surface area contributed by atoms with Gasteiger partial charge in [-0.05, 0) is 82.5 Å². The van der Waals surface area contributed by atoms with Gasteiger partial charge in [0.15, 0.2) is 0 Å². The van der Waals surface area contributed by atoms with Crippen molar-refractivity contribution in [2.75, 3.05) is 28.6 Å². The highest BCUT2D eigenvalue weighted by molar-refractivity contribution is 5.99. The highest BCUT2D eigenvalue weighted by atomic mass is 19.4. The van der Waals surface area contributed by atoms with Gasteiger partial charge in [-0.2, -0.15) is 13.2 Å². The fourth-order valence-electron chi connectivity index (χ4n) is 4.31. The Bertz CT molecular complexity index is 1400. The maximum atomic E-state index is 13.2. The number of aromatic nitrogens is 2. The van der Waals surface area contributed by atoms with E-state index >= 15 is 0 Å². The van der Waals surface area contributed by atoms with E-state index in [-0.39, 0.29) is 17.3 Å². The smallest absolute Gasteiger partial charge is 0.416 e. The van der Waals surface area contributed by atoms with Crippen LogP contribution in [0.25, 0.3) is 0 Å². The van der Waals surface area contributed by atoms with Crippen LogP contribution in [0, 0.1) is 6.92 Å². The van der Waals surface area contributed by atoms with Gasteiger partial charge in [0.05, 0.1) is 5.56 Å². The zero-order valence-electron chi connectivity index (χ0n) is 23.7. The number of halogens is 3. The van der Waals surface area contributed by atoms with Gasteiger partial charge in [-0.25, -0.2) is 19.6 Å². The number of piperidine rings is 1. The minimum atomic E-state index is -4.52. The number of nitrogens with one attached hydrogen (secondary N) is 3. The fourth-order valence-corrected chi connectivity index (χ4v) is 4.31. The van der Waals surface area contributed by atoms with Gasteiger partial charge >= 0.3 is 18.3 Å². The van der Waals surface area contributed by atoms with E-state index in [1.54, 1.807) is 30.3 Å². The van der Waals surface area contributed by atoms with E-state index < -0.39 is 29.5 Å². The van der Waals surface area contributed by atoms with Gasteiger partial charge in [0.2, 0.25) is 5.88 Å². The van der Waals surface area contributed by atoms with Crippen molar-refractivity contribution in [1.82, 2.24) is 15.3 Å². The molecular formula is C29H33F3N6O4. The first-order valence-electron chi connectivity index (χ1n) is 13.4. The van der Waals surface area contributed by atoms with Crippen LogP contribution in [0.3, 0.4) is 0 Å². The van der Waals surface area contributed by atoms with E-state index in [0.717, 1.165) is 18.9 Å². The number of hydrogen-bond donors (Lipinski definition) is 3. The molecule has 0 bridgehead atoms. The number of urea groups is 1. The number of hydrogen-bond acceptors (Lipinski definition) is 7. The number of carbonyl (C=O) groups is 2. The summed E-state index contributed by atoms with van der Waals surface area (Å²) in [5.74, 6) is 1.47. The lowest BCUT2D eigenvalue weighted by atomic mass is 10.1. The summed E-state index contributed by atoms with van der Waals surface area (Å²) in [6.07, 6.45) is -2.07. The number of alkyl carbamates (subject to hydrolysis) is 1. The summed E-state index contributed by atoms with van der Waals surface area (Å²) in [7, 11) is 0. The number of ether oxygens (including phenoxy) is 2. The predicted octanol–water partition coefficient (Wildman–Crippen LogP) is 6.73. The lowest BCUT2D eigenvalue weighted by Gasteiger charge is -2.33. The standard InChI is InChI=1S/C29H33F3N6O4/c1-18-5-6-21(15-23(18)29(30,31)32)36-26(39)35-19-7-9-22(10-8-19)41-25-16-24(33-17-34-25)38-13-11-20(12-14-38)37-27(40)42-28(2,3)4/h5-10,15-17,20H,11-14H2,1-4H3,(H,37,40)(H2,35,36,39). The van der Waals surface area contributed by atoms with Gasteiger partial charge in [-0.1, -0.05) is 6.07 Å². The van der Waals surface area contributed by atoms with E-state index in [1.165, 1.54) is 25.4 Å². The zero-order valence-corrected chi connectivity index (χ0v) is 23.7. The number of aryl methyl sites for hydroxylation is 1. The minimum Gasteiger partial charge on any atom is -0.444 e. The Hall–Kier alpha value is -4.55. The summed E-state index contributed by atoms with van der Waals surface area (Å²) in [4.78, 5) is 35.0. The molecule has 1 aromatic heterocycles. The van der Waals surface area contributed by atoms with E-state index in [0.29, 0.717) is 36.2 Å². The van der Waals surface area contributed by atoms with Crippen LogP contribution >= 0.6 is 0 Å². The van der Waals surface area contributed by atoms with Gasteiger partial charge in [-0.3, -0.25) is 0 Å². The maximum Gasteiger partial charge on any atom is 0.416 e. The number of rotatable bonds is 6. The first-order chi connectivity index (χ1) is 19.7. The Kier molecular flexibility index (Phi) is 9.08. The quantitative estimate of drug-likeness (QED) is 0.293. The van der Waals surface area contributed by atoms with Crippen molar-refractivity contribution in [3.63, 3.8) is 0 Å². The predicted molar refractivity (Wildman–Crippen MR) is 152 cm³/mol. The second kappa shape index (κ2) is 12.5. The molecule has 1 aliphatic heterocycles. The molecule has 1 aliphatic rings. The number of benzene rings is 2. The second-order valence-corrected chi connectivity index (χ2v) is 10.9. The number of nitrogens with zero attached hydrogens (tertiary/aromatic N) is 3. The van der Waals surface area contributed by atoms with Gasteiger partial charge in [0.1, 0.15) is 23.5 Å². The van der Waals surface area contributed by atoms with Crippen LogP contribution in [-0.4, -0.2) is 46.8 Å². The third kappa shape index (κ3) is 8.72. The van der Waals surface area contributed by atoms with E-state index in [1.807, 2.05) is 20.8 Å². The molecule has 0 radical (unpaired) electrons. The Balaban J connectivity index is 1.28. The molecule has 0 saturated carbocycles. The Morgan fingerprint density at radius 1 is 0.929 bits per heavy atom. The Morgan fingerprint density at radius 3 is 2.21 bits per heavy atom. The maximum absolute atomic E-state index is 13.2. The highest BCUT2D eigenvalue weighted by Gasteiger charge is 2.32. The molecule has 3 N–H and O–H groups in total. The van der Waals surface area contributed by atoms with Crippen molar-refractivity contribution < 1.29 is 32.2 Å².